The molecule has 0 saturated heterocycles. The van der Waals surface area contributed by atoms with Crippen molar-refractivity contribution in [2.75, 3.05) is 6.54 Å². The Kier molecular flexibility index (Phi) is 5.84. The van der Waals surface area contributed by atoms with Crippen LogP contribution in [-0.4, -0.2) is 23.3 Å². The summed E-state index contributed by atoms with van der Waals surface area (Å²) in [6, 6.07) is 5.51. The van der Waals surface area contributed by atoms with Crippen molar-refractivity contribution < 1.29 is 9.59 Å². The molecule has 0 aliphatic rings. The van der Waals surface area contributed by atoms with Crippen LogP contribution in [-0.2, 0) is 16.1 Å². The highest BCUT2D eigenvalue weighted by Crippen LogP contribution is 1.97. The van der Waals surface area contributed by atoms with E-state index in [1.807, 2.05) is 32.0 Å². The van der Waals surface area contributed by atoms with E-state index in [0.717, 1.165) is 5.69 Å². The quantitative estimate of drug-likeness (QED) is 0.785. The Morgan fingerprint density at radius 3 is 2.61 bits per heavy atom. The molecule has 2 N–H and O–H groups in total. The number of nitrogens with one attached hydrogen (secondary N) is 2. The van der Waals surface area contributed by atoms with Gasteiger partial charge in [0.25, 0.3) is 0 Å². The molecule has 2 amide bonds. The van der Waals surface area contributed by atoms with Crippen molar-refractivity contribution in [2.45, 2.75) is 26.8 Å². The summed E-state index contributed by atoms with van der Waals surface area (Å²) in [6.07, 6.45) is 2.11. The molecule has 5 heteroatoms. The molecule has 0 aliphatic heterocycles. The minimum atomic E-state index is -0.210. The van der Waals surface area contributed by atoms with Crippen molar-refractivity contribution in [2.24, 2.45) is 5.92 Å². The number of aromatic nitrogens is 1. The summed E-state index contributed by atoms with van der Waals surface area (Å²) in [7, 11) is 0. The Hall–Kier alpha value is -1.91. The van der Waals surface area contributed by atoms with Crippen molar-refractivity contribution in [3.05, 3.63) is 30.1 Å². The Labute approximate surface area is 107 Å². The van der Waals surface area contributed by atoms with Gasteiger partial charge in [-0.25, -0.2) is 0 Å². The highest BCUT2D eigenvalue weighted by atomic mass is 16.2. The monoisotopic (exact) mass is 249 g/mol. The van der Waals surface area contributed by atoms with Crippen molar-refractivity contribution in [1.29, 1.82) is 0 Å². The lowest BCUT2D eigenvalue weighted by Crippen LogP contribution is -2.37. The van der Waals surface area contributed by atoms with Crippen LogP contribution in [0.2, 0.25) is 0 Å². The molecule has 98 valence electrons. The molecule has 1 heterocycles. The number of hydrogen-bond acceptors (Lipinski definition) is 3. The van der Waals surface area contributed by atoms with E-state index in [4.69, 9.17) is 0 Å². The summed E-state index contributed by atoms with van der Waals surface area (Å²) in [5, 5.41) is 5.27. The maximum Gasteiger partial charge on any atom is 0.239 e. The molecule has 1 aromatic rings. The van der Waals surface area contributed by atoms with Crippen molar-refractivity contribution >= 4 is 11.8 Å². The summed E-state index contributed by atoms with van der Waals surface area (Å²) in [6.45, 7) is 4.31. The fourth-order valence-electron chi connectivity index (χ4n) is 1.38. The number of carbonyl (C=O) groups excluding carboxylic acids is 2. The zero-order valence-electron chi connectivity index (χ0n) is 10.8. The van der Waals surface area contributed by atoms with Crippen LogP contribution in [0.1, 0.15) is 26.0 Å². The number of nitrogens with zero attached hydrogens (tertiary/aromatic N) is 1. The third-order valence-corrected chi connectivity index (χ3v) is 2.23. The van der Waals surface area contributed by atoms with Gasteiger partial charge in [0, 0.05) is 12.6 Å². The molecule has 1 rings (SSSR count). The van der Waals surface area contributed by atoms with Crippen LogP contribution in [0.15, 0.2) is 24.4 Å². The Bertz CT molecular complexity index is 390. The molecule has 0 unspecified atom stereocenters. The van der Waals surface area contributed by atoms with Crippen LogP contribution in [0.5, 0.6) is 0 Å². The topological polar surface area (TPSA) is 71.1 Å². The summed E-state index contributed by atoms with van der Waals surface area (Å²) in [4.78, 5) is 26.9. The summed E-state index contributed by atoms with van der Waals surface area (Å²) >= 11 is 0. The lowest BCUT2D eigenvalue weighted by Gasteiger charge is -2.07. The minimum absolute atomic E-state index is 0.0123. The highest BCUT2D eigenvalue weighted by Gasteiger charge is 2.07. The zero-order chi connectivity index (χ0) is 13.4. The maximum atomic E-state index is 11.5. The van der Waals surface area contributed by atoms with Crippen LogP contribution in [0.4, 0.5) is 0 Å². The predicted octanol–water partition coefficient (Wildman–Crippen LogP) is 0.860. The van der Waals surface area contributed by atoms with Gasteiger partial charge < -0.3 is 10.6 Å². The largest absolute Gasteiger partial charge is 0.349 e. The molecule has 18 heavy (non-hydrogen) atoms. The first-order valence-electron chi connectivity index (χ1n) is 6.01. The molecule has 1 aromatic heterocycles. The first kappa shape index (κ1) is 14.2. The molecule has 0 aromatic carbocycles. The summed E-state index contributed by atoms with van der Waals surface area (Å²) in [5.41, 5.74) is 0.791. The molecule has 0 spiro atoms. The van der Waals surface area contributed by atoms with E-state index >= 15 is 0 Å². The van der Waals surface area contributed by atoms with Crippen molar-refractivity contribution in [1.82, 2.24) is 15.6 Å². The molecular formula is C13H19N3O2. The number of amides is 2. The van der Waals surface area contributed by atoms with Gasteiger partial charge in [0.05, 0.1) is 18.8 Å². The highest BCUT2D eigenvalue weighted by molar-refractivity contribution is 5.84. The normalized spacial score (nSPS) is 10.2. The maximum absolute atomic E-state index is 11.5. The van der Waals surface area contributed by atoms with E-state index in [2.05, 4.69) is 15.6 Å². The molecule has 0 bridgehead atoms. The fourth-order valence-corrected chi connectivity index (χ4v) is 1.38. The van der Waals surface area contributed by atoms with E-state index in [0.29, 0.717) is 18.9 Å². The standard InChI is InChI=1S/C13H19N3O2/c1-10(2)7-12(17)16-9-13(18)15-8-11-5-3-4-6-14-11/h3-6,10H,7-9H2,1-2H3,(H,15,18)(H,16,17). The number of hydrogen-bond donors (Lipinski definition) is 2. The molecule has 0 atom stereocenters. The molecule has 0 aliphatic carbocycles. The van der Waals surface area contributed by atoms with Gasteiger partial charge in [0.2, 0.25) is 11.8 Å². The van der Waals surface area contributed by atoms with Gasteiger partial charge in [-0.05, 0) is 18.1 Å². The van der Waals surface area contributed by atoms with E-state index in [-0.39, 0.29) is 18.4 Å². The van der Waals surface area contributed by atoms with E-state index < -0.39 is 0 Å². The summed E-state index contributed by atoms with van der Waals surface area (Å²) in [5.74, 6) is -0.0164. The summed E-state index contributed by atoms with van der Waals surface area (Å²) < 4.78 is 0. The van der Waals surface area contributed by atoms with Gasteiger partial charge in [0.15, 0.2) is 0 Å². The Morgan fingerprint density at radius 2 is 2.00 bits per heavy atom. The second-order valence-corrected chi connectivity index (χ2v) is 4.47. The first-order chi connectivity index (χ1) is 8.58. The second-order valence-electron chi connectivity index (χ2n) is 4.47. The SMILES string of the molecule is CC(C)CC(=O)NCC(=O)NCc1ccccn1. The van der Waals surface area contributed by atoms with Crippen LogP contribution in [0.25, 0.3) is 0 Å². The lowest BCUT2D eigenvalue weighted by molar-refractivity contribution is -0.126. The van der Waals surface area contributed by atoms with Gasteiger partial charge in [0.1, 0.15) is 0 Å². The van der Waals surface area contributed by atoms with Crippen LogP contribution >= 0.6 is 0 Å². The minimum Gasteiger partial charge on any atom is -0.349 e. The average molecular weight is 249 g/mol. The van der Waals surface area contributed by atoms with Gasteiger partial charge in [-0.3, -0.25) is 14.6 Å². The third-order valence-electron chi connectivity index (χ3n) is 2.23. The fraction of sp³-hybridized carbons (Fsp3) is 0.462. The van der Waals surface area contributed by atoms with Gasteiger partial charge >= 0.3 is 0 Å². The predicted molar refractivity (Wildman–Crippen MR) is 68.5 cm³/mol. The smallest absolute Gasteiger partial charge is 0.239 e. The van der Waals surface area contributed by atoms with Gasteiger partial charge in [-0.1, -0.05) is 19.9 Å². The van der Waals surface area contributed by atoms with E-state index in [1.54, 1.807) is 6.20 Å². The molecule has 5 nitrogen and oxygen atoms in total. The van der Waals surface area contributed by atoms with E-state index in [1.165, 1.54) is 0 Å². The van der Waals surface area contributed by atoms with Gasteiger partial charge in [-0.2, -0.15) is 0 Å². The number of rotatable bonds is 6. The molecule has 0 radical (unpaired) electrons. The Balaban J connectivity index is 2.20. The lowest BCUT2D eigenvalue weighted by atomic mass is 10.1. The molecular weight excluding hydrogens is 230 g/mol. The molecule has 0 fully saturated rings. The number of carbonyl (C=O) groups is 2. The molecule has 0 saturated carbocycles. The first-order valence-corrected chi connectivity index (χ1v) is 6.01. The number of pyridine rings is 1. The second kappa shape index (κ2) is 7.42. The van der Waals surface area contributed by atoms with Crippen LogP contribution in [0, 0.1) is 5.92 Å². The zero-order valence-corrected chi connectivity index (χ0v) is 10.8. The van der Waals surface area contributed by atoms with Crippen LogP contribution < -0.4 is 10.6 Å². The average Bonchev–Trinajstić information content (AvgIpc) is 2.34. The van der Waals surface area contributed by atoms with Gasteiger partial charge in [-0.15, -0.1) is 0 Å². The van der Waals surface area contributed by atoms with Crippen molar-refractivity contribution in [3.8, 4) is 0 Å². The van der Waals surface area contributed by atoms with Crippen LogP contribution in [0.3, 0.4) is 0 Å². The van der Waals surface area contributed by atoms with E-state index in [9.17, 15) is 9.59 Å². The van der Waals surface area contributed by atoms with Crippen molar-refractivity contribution in [3.63, 3.8) is 0 Å². The Morgan fingerprint density at radius 1 is 1.22 bits per heavy atom. The third kappa shape index (κ3) is 5.98.